The van der Waals surface area contributed by atoms with E-state index in [1.165, 1.54) is 4.90 Å². The van der Waals surface area contributed by atoms with Crippen molar-refractivity contribution in [2.24, 2.45) is 0 Å². The number of methoxy groups -OCH3 is 1. The summed E-state index contributed by atoms with van der Waals surface area (Å²) >= 11 is 0. The van der Waals surface area contributed by atoms with Gasteiger partial charge in [0.05, 0.1) is 16.6 Å². The molecule has 0 N–H and O–H groups in total. The highest BCUT2D eigenvalue weighted by atomic mass is 16.5. The lowest BCUT2D eigenvalue weighted by molar-refractivity contribution is -0.126. The number of hydrogen-bond acceptors (Lipinski definition) is 5. The van der Waals surface area contributed by atoms with E-state index in [9.17, 15) is 14.4 Å². The van der Waals surface area contributed by atoms with Crippen LogP contribution in [0.25, 0.3) is 11.0 Å². The van der Waals surface area contributed by atoms with E-state index in [4.69, 9.17) is 9.15 Å². The van der Waals surface area contributed by atoms with Crippen LogP contribution in [-0.2, 0) is 15.1 Å². The number of carbonyl (C=O) groups excluding carboxylic acids is 2. The Kier molecular flexibility index (Phi) is 4.44. The molecular weight excluding hydrogens is 396 g/mol. The molecule has 3 aromatic rings. The zero-order valence-corrected chi connectivity index (χ0v) is 17.4. The molecule has 158 valence electrons. The minimum atomic E-state index is -1.53. The molecule has 1 atom stereocenters. The maximum Gasteiger partial charge on any atom is 0.291 e. The SMILES string of the molecule is CCN1C(=O)C2(c3ccccc31)c1c(oc3ccccc3c1=O)C(=O)N2CCCOC. The van der Waals surface area contributed by atoms with Gasteiger partial charge in [-0.05, 0) is 31.5 Å². The summed E-state index contributed by atoms with van der Waals surface area (Å²) < 4.78 is 11.1. The molecule has 0 saturated heterocycles. The first kappa shape index (κ1) is 19.5. The fourth-order valence-electron chi connectivity index (χ4n) is 4.92. The maximum atomic E-state index is 14.0. The van der Waals surface area contributed by atoms with Crippen LogP contribution in [-0.4, -0.2) is 43.5 Å². The molecule has 1 unspecified atom stereocenters. The van der Waals surface area contributed by atoms with E-state index in [0.29, 0.717) is 41.8 Å². The zero-order chi connectivity index (χ0) is 21.8. The van der Waals surface area contributed by atoms with E-state index < -0.39 is 11.4 Å². The third-order valence-corrected chi connectivity index (χ3v) is 6.19. The van der Waals surface area contributed by atoms with Gasteiger partial charge in [-0.3, -0.25) is 14.4 Å². The van der Waals surface area contributed by atoms with Gasteiger partial charge in [-0.1, -0.05) is 30.3 Å². The Labute approximate surface area is 178 Å². The summed E-state index contributed by atoms with van der Waals surface area (Å²) in [5.41, 5.74) is -0.0896. The number of likely N-dealkylation sites (N-methyl/N-ethyl adjacent to an activating group) is 1. The summed E-state index contributed by atoms with van der Waals surface area (Å²) in [4.78, 5) is 44.4. The topological polar surface area (TPSA) is 80.1 Å². The van der Waals surface area contributed by atoms with Crippen LogP contribution in [0.2, 0.25) is 0 Å². The first-order chi connectivity index (χ1) is 15.1. The van der Waals surface area contributed by atoms with Gasteiger partial charge in [0.2, 0.25) is 5.76 Å². The molecular formula is C24H22N2O5. The number of ether oxygens (including phenoxy) is 1. The van der Waals surface area contributed by atoms with Crippen LogP contribution >= 0.6 is 0 Å². The van der Waals surface area contributed by atoms with Gasteiger partial charge in [0.15, 0.2) is 11.0 Å². The van der Waals surface area contributed by atoms with Gasteiger partial charge in [-0.25, -0.2) is 0 Å². The summed E-state index contributed by atoms with van der Waals surface area (Å²) in [5, 5.41) is 0.354. The molecule has 5 rings (SSSR count). The highest BCUT2D eigenvalue weighted by Crippen LogP contribution is 2.52. The first-order valence-electron chi connectivity index (χ1n) is 10.4. The molecule has 3 heterocycles. The van der Waals surface area contributed by atoms with Crippen LogP contribution in [0.4, 0.5) is 5.69 Å². The average molecular weight is 418 g/mol. The number of fused-ring (bicyclic) bond motifs is 5. The summed E-state index contributed by atoms with van der Waals surface area (Å²) in [6, 6.07) is 14.2. The normalized spacial score (nSPS) is 19.5. The fourth-order valence-corrected chi connectivity index (χ4v) is 4.92. The quantitative estimate of drug-likeness (QED) is 0.596. The number of benzene rings is 2. The van der Waals surface area contributed by atoms with Gasteiger partial charge in [-0.2, -0.15) is 0 Å². The predicted molar refractivity (Wildman–Crippen MR) is 115 cm³/mol. The Morgan fingerprint density at radius 1 is 1.03 bits per heavy atom. The average Bonchev–Trinajstić information content (AvgIpc) is 3.18. The zero-order valence-electron chi connectivity index (χ0n) is 17.4. The van der Waals surface area contributed by atoms with Crippen molar-refractivity contribution in [1.29, 1.82) is 0 Å². The van der Waals surface area contributed by atoms with E-state index in [2.05, 4.69) is 0 Å². The first-order valence-corrected chi connectivity index (χ1v) is 10.4. The van der Waals surface area contributed by atoms with E-state index in [-0.39, 0.29) is 29.2 Å². The summed E-state index contributed by atoms with van der Waals surface area (Å²) in [7, 11) is 1.59. The van der Waals surface area contributed by atoms with Crippen LogP contribution in [0.3, 0.4) is 0 Å². The van der Waals surface area contributed by atoms with E-state index in [1.807, 2.05) is 31.2 Å². The second-order valence-electron chi connectivity index (χ2n) is 7.71. The van der Waals surface area contributed by atoms with Crippen molar-refractivity contribution in [3.8, 4) is 0 Å². The van der Waals surface area contributed by atoms with Gasteiger partial charge in [0.1, 0.15) is 5.58 Å². The van der Waals surface area contributed by atoms with Crippen molar-refractivity contribution in [3.05, 3.63) is 75.6 Å². The number of rotatable bonds is 5. The number of nitrogens with zero attached hydrogens (tertiary/aromatic N) is 2. The van der Waals surface area contributed by atoms with Crippen molar-refractivity contribution in [2.45, 2.75) is 18.9 Å². The lowest BCUT2D eigenvalue weighted by Gasteiger charge is -2.34. The molecule has 0 bridgehead atoms. The van der Waals surface area contributed by atoms with Crippen LogP contribution in [0.15, 0.2) is 57.7 Å². The molecule has 2 amide bonds. The lowest BCUT2D eigenvalue weighted by atomic mass is 9.84. The Morgan fingerprint density at radius 3 is 2.55 bits per heavy atom. The van der Waals surface area contributed by atoms with Crippen molar-refractivity contribution in [3.63, 3.8) is 0 Å². The molecule has 7 heteroatoms. The Bertz CT molecular complexity index is 1280. The molecule has 0 saturated carbocycles. The standard InChI is InChI=1S/C24H22N2O5/c1-3-25-17-11-6-5-10-16(17)24(23(25)29)19-20(27)15-9-4-7-12-18(15)31-21(19)22(28)26(24)13-8-14-30-2/h4-7,9-12H,3,8,13-14H2,1-2H3. The number of amides is 2. The number of hydrogen-bond donors (Lipinski definition) is 0. The maximum absolute atomic E-state index is 14.0. The molecule has 1 spiro atoms. The van der Waals surface area contributed by atoms with Gasteiger partial charge in [0, 0.05) is 32.4 Å². The van der Waals surface area contributed by atoms with Crippen LogP contribution in [0.5, 0.6) is 0 Å². The molecule has 2 aliphatic heterocycles. The predicted octanol–water partition coefficient (Wildman–Crippen LogP) is 2.90. The van der Waals surface area contributed by atoms with Crippen LogP contribution in [0, 0.1) is 0 Å². The molecule has 2 aliphatic rings. The lowest BCUT2D eigenvalue weighted by Crippen LogP contribution is -2.53. The molecule has 7 nitrogen and oxygen atoms in total. The summed E-state index contributed by atoms with van der Waals surface area (Å²) in [6.07, 6.45) is 0.521. The van der Waals surface area contributed by atoms with E-state index in [0.717, 1.165) is 0 Å². The van der Waals surface area contributed by atoms with Crippen molar-refractivity contribution >= 4 is 28.5 Å². The van der Waals surface area contributed by atoms with Crippen LogP contribution < -0.4 is 10.3 Å². The minimum Gasteiger partial charge on any atom is -0.450 e. The molecule has 1 aromatic heterocycles. The number of para-hydroxylation sites is 2. The molecule has 31 heavy (non-hydrogen) atoms. The van der Waals surface area contributed by atoms with Gasteiger partial charge in [0.25, 0.3) is 11.8 Å². The second kappa shape index (κ2) is 7.06. The second-order valence-corrected chi connectivity index (χ2v) is 7.71. The van der Waals surface area contributed by atoms with Crippen molar-refractivity contribution in [2.75, 3.05) is 31.7 Å². The highest BCUT2D eigenvalue weighted by Gasteiger charge is 2.64. The van der Waals surface area contributed by atoms with E-state index in [1.54, 1.807) is 36.3 Å². The molecule has 0 fully saturated rings. The van der Waals surface area contributed by atoms with Gasteiger partial charge < -0.3 is 19.0 Å². The van der Waals surface area contributed by atoms with E-state index >= 15 is 0 Å². The summed E-state index contributed by atoms with van der Waals surface area (Å²) in [5.74, 6) is -0.805. The fraction of sp³-hybridized carbons (Fsp3) is 0.292. The number of anilines is 1. The van der Waals surface area contributed by atoms with Crippen LogP contribution in [0.1, 0.15) is 35.0 Å². The molecule has 0 radical (unpaired) electrons. The van der Waals surface area contributed by atoms with Crippen molar-refractivity contribution in [1.82, 2.24) is 4.90 Å². The molecule has 0 aliphatic carbocycles. The Balaban J connectivity index is 1.87. The highest BCUT2D eigenvalue weighted by molar-refractivity contribution is 6.17. The third-order valence-electron chi connectivity index (χ3n) is 6.19. The molecule has 2 aromatic carbocycles. The smallest absolute Gasteiger partial charge is 0.291 e. The Morgan fingerprint density at radius 2 is 1.77 bits per heavy atom. The number of carbonyl (C=O) groups is 2. The largest absolute Gasteiger partial charge is 0.450 e. The van der Waals surface area contributed by atoms with Gasteiger partial charge >= 0.3 is 0 Å². The Hall–Kier alpha value is -3.45. The third kappa shape index (κ3) is 2.41. The monoisotopic (exact) mass is 418 g/mol. The minimum absolute atomic E-state index is 0.0535. The van der Waals surface area contributed by atoms with Crippen molar-refractivity contribution < 1.29 is 18.7 Å². The van der Waals surface area contributed by atoms with Gasteiger partial charge in [-0.15, -0.1) is 0 Å². The summed E-state index contributed by atoms with van der Waals surface area (Å²) in [6.45, 7) is 2.98.